The SMILES string of the molecule is O=C(C=CCN1C[C@@H]2C[C@H]1CO2)Nc1cc2c(Nc3cccc(Br)c3)ncnc2cc1O[C@H]1CCOC1. The summed E-state index contributed by atoms with van der Waals surface area (Å²) in [6.45, 7) is 3.62. The lowest BCUT2D eigenvalue weighted by Gasteiger charge is -2.25. The Hall–Kier alpha value is -3.05. The van der Waals surface area contributed by atoms with Gasteiger partial charge in [0.2, 0.25) is 5.91 Å². The fourth-order valence-corrected chi connectivity index (χ4v) is 5.44. The number of fused-ring (bicyclic) bond motifs is 3. The monoisotopic (exact) mass is 565 g/mol. The number of nitrogens with zero attached hydrogens (tertiary/aromatic N) is 3. The van der Waals surface area contributed by atoms with Crippen LogP contribution in [0.4, 0.5) is 17.2 Å². The number of likely N-dealkylation sites (tertiary alicyclic amines) is 1. The molecule has 192 valence electrons. The molecule has 4 heterocycles. The molecule has 0 spiro atoms. The molecule has 3 fully saturated rings. The average molecular weight is 566 g/mol. The number of hydrogen-bond acceptors (Lipinski definition) is 8. The Bertz CT molecular complexity index is 1330. The van der Waals surface area contributed by atoms with Crippen LogP contribution >= 0.6 is 15.9 Å². The van der Waals surface area contributed by atoms with Gasteiger partial charge in [-0.05, 0) is 30.7 Å². The fraction of sp³-hybridized carbons (Fsp3) is 0.370. The van der Waals surface area contributed by atoms with Crippen molar-refractivity contribution in [2.24, 2.45) is 0 Å². The summed E-state index contributed by atoms with van der Waals surface area (Å²) in [6, 6.07) is 12.0. The highest BCUT2D eigenvalue weighted by Gasteiger charge is 2.38. The summed E-state index contributed by atoms with van der Waals surface area (Å²) >= 11 is 3.50. The van der Waals surface area contributed by atoms with Gasteiger partial charge in [0.15, 0.2) is 0 Å². The summed E-state index contributed by atoms with van der Waals surface area (Å²) < 4.78 is 18.3. The van der Waals surface area contributed by atoms with Gasteiger partial charge in [0.25, 0.3) is 0 Å². The van der Waals surface area contributed by atoms with Crippen LogP contribution in [0, 0.1) is 0 Å². The largest absolute Gasteiger partial charge is 0.486 e. The number of aromatic nitrogens is 2. The predicted molar refractivity (Wildman–Crippen MR) is 144 cm³/mol. The second kappa shape index (κ2) is 10.7. The third-order valence-electron chi connectivity index (χ3n) is 6.89. The van der Waals surface area contributed by atoms with Gasteiger partial charge < -0.3 is 24.8 Å². The summed E-state index contributed by atoms with van der Waals surface area (Å²) in [7, 11) is 0. The highest BCUT2D eigenvalue weighted by Crippen LogP contribution is 2.35. The highest BCUT2D eigenvalue weighted by molar-refractivity contribution is 9.10. The number of rotatable bonds is 8. The molecule has 2 aromatic carbocycles. The van der Waals surface area contributed by atoms with E-state index < -0.39 is 0 Å². The molecule has 3 saturated heterocycles. The second-order valence-corrected chi connectivity index (χ2v) is 10.4. The zero-order chi connectivity index (χ0) is 25.2. The number of benzene rings is 2. The number of nitrogens with one attached hydrogen (secondary N) is 2. The van der Waals surface area contributed by atoms with Crippen molar-refractivity contribution < 1.29 is 19.0 Å². The Balaban J connectivity index is 1.25. The van der Waals surface area contributed by atoms with E-state index in [0.29, 0.717) is 48.1 Å². The zero-order valence-corrected chi connectivity index (χ0v) is 21.8. The van der Waals surface area contributed by atoms with Crippen LogP contribution in [0.2, 0.25) is 0 Å². The first-order valence-electron chi connectivity index (χ1n) is 12.5. The molecule has 2 N–H and O–H groups in total. The maximum Gasteiger partial charge on any atom is 0.248 e. The number of amides is 1. The Morgan fingerprint density at radius 2 is 2.19 bits per heavy atom. The van der Waals surface area contributed by atoms with Gasteiger partial charge in [-0.15, -0.1) is 0 Å². The van der Waals surface area contributed by atoms with Gasteiger partial charge in [0.05, 0.1) is 37.1 Å². The molecule has 1 aromatic heterocycles. The average Bonchev–Trinajstić information content (AvgIpc) is 3.64. The third kappa shape index (κ3) is 5.62. The maximum atomic E-state index is 12.9. The van der Waals surface area contributed by atoms with Crippen molar-refractivity contribution in [3.63, 3.8) is 0 Å². The quantitative estimate of drug-likeness (QED) is 0.391. The number of halogens is 1. The second-order valence-electron chi connectivity index (χ2n) is 9.52. The van der Waals surface area contributed by atoms with E-state index in [-0.39, 0.29) is 12.0 Å². The zero-order valence-electron chi connectivity index (χ0n) is 20.2. The molecule has 0 radical (unpaired) electrons. The molecule has 3 atom stereocenters. The van der Waals surface area contributed by atoms with Crippen LogP contribution < -0.4 is 15.4 Å². The van der Waals surface area contributed by atoms with Crippen molar-refractivity contribution in [2.45, 2.75) is 31.1 Å². The Morgan fingerprint density at radius 1 is 1.24 bits per heavy atom. The van der Waals surface area contributed by atoms with Gasteiger partial charge in [-0.1, -0.05) is 28.1 Å². The first kappa shape index (κ1) is 24.3. The molecule has 3 aliphatic heterocycles. The summed E-state index contributed by atoms with van der Waals surface area (Å²) in [4.78, 5) is 24.2. The van der Waals surface area contributed by atoms with Crippen molar-refractivity contribution in [1.82, 2.24) is 14.9 Å². The predicted octanol–water partition coefficient (Wildman–Crippen LogP) is 4.27. The summed E-state index contributed by atoms with van der Waals surface area (Å²) in [5, 5.41) is 7.13. The molecule has 0 unspecified atom stereocenters. The number of carbonyl (C=O) groups excluding carboxylic acids is 1. The molecule has 6 rings (SSSR count). The summed E-state index contributed by atoms with van der Waals surface area (Å²) in [5.41, 5.74) is 2.16. The Labute approximate surface area is 223 Å². The van der Waals surface area contributed by atoms with E-state index in [9.17, 15) is 4.79 Å². The van der Waals surface area contributed by atoms with Gasteiger partial charge in [-0.3, -0.25) is 9.69 Å². The molecule has 3 aliphatic rings. The molecule has 37 heavy (non-hydrogen) atoms. The smallest absolute Gasteiger partial charge is 0.248 e. The number of hydrogen-bond donors (Lipinski definition) is 2. The first-order valence-corrected chi connectivity index (χ1v) is 13.3. The fourth-order valence-electron chi connectivity index (χ4n) is 5.04. The minimum Gasteiger partial charge on any atom is -0.486 e. The normalized spacial score (nSPS) is 23.2. The van der Waals surface area contributed by atoms with E-state index in [1.54, 1.807) is 6.08 Å². The van der Waals surface area contributed by atoms with E-state index in [2.05, 4.69) is 41.4 Å². The van der Waals surface area contributed by atoms with Crippen LogP contribution in [0.3, 0.4) is 0 Å². The summed E-state index contributed by atoms with van der Waals surface area (Å²) in [5.74, 6) is 0.980. The van der Waals surface area contributed by atoms with E-state index in [4.69, 9.17) is 14.2 Å². The molecule has 2 bridgehead atoms. The molecular weight excluding hydrogens is 538 g/mol. The molecule has 1 amide bonds. The van der Waals surface area contributed by atoms with E-state index in [1.807, 2.05) is 42.5 Å². The Kier molecular flexibility index (Phi) is 7.06. The number of carbonyl (C=O) groups is 1. The van der Waals surface area contributed by atoms with Gasteiger partial charge in [0.1, 0.15) is 24.0 Å². The van der Waals surface area contributed by atoms with Gasteiger partial charge in [0, 0.05) is 53.2 Å². The maximum absolute atomic E-state index is 12.9. The molecule has 3 aromatic rings. The lowest BCUT2D eigenvalue weighted by molar-refractivity contribution is -0.111. The molecular formula is C27H28BrN5O4. The van der Waals surface area contributed by atoms with E-state index in [0.717, 1.165) is 48.1 Å². The standard InChI is InChI=1S/C27H28BrN5O4/c28-17-3-1-4-18(9-17)31-27-22-11-24(25(12-23(22)29-16-30-27)37-20-6-8-35-15-20)32-26(34)5-2-7-33-13-21-10-19(33)14-36-21/h1-5,9,11-12,16,19-21H,6-8,10,13-15H2,(H,32,34)(H,29,30,31)/t19-,20-,21-/m0/s1. The van der Waals surface area contributed by atoms with Gasteiger partial charge in [-0.2, -0.15) is 0 Å². The molecule has 10 heteroatoms. The van der Waals surface area contributed by atoms with Crippen LogP contribution in [0.1, 0.15) is 12.8 Å². The molecule has 0 aliphatic carbocycles. The lowest BCUT2D eigenvalue weighted by Crippen LogP contribution is -2.36. The first-order chi connectivity index (χ1) is 18.1. The van der Waals surface area contributed by atoms with Crippen molar-refractivity contribution >= 4 is 49.9 Å². The molecule has 0 saturated carbocycles. The lowest BCUT2D eigenvalue weighted by atomic mass is 10.1. The van der Waals surface area contributed by atoms with Crippen LogP contribution in [-0.4, -0.2) is 71.9 Å². The number of morpholine rings is 1. The van der Waals surface area contributed by atoms with Gasteiger partial charge in [-0.25, -0.2) is 9.97 Å². The van der Waals surface area contributed by atoms with Crippen LogP contribution in [0.15, 0.2) is 59.4 Å². The van der Waals surface area contributed by atoms with Crippen LogP contribution in [-0.2, 0) is 14.3 Å². The highest BCUT2D eigenvalue weighted by atomic mass is 79.9. The number of anilines is 3. The van der Waals surface area contributed by atoms with Crippen molar-refractivity contribution in [1.29, 1.82) is 0 Å². The van der Waals surface area contributed by atoms with E-state index in [1.165, 1.54) is 6.33 Å². The van der Waals surface area contributed by atoms with E-state index >= 15 is 0 Å². The van der Waals surface area contributed by atoms with Crippen molar-refractivity contribution in [3.8, 4) is 5.75 Å². The van der Waals surface area contributed by atoms with Crippen molar-refractivity contribution in [3.05, 3.63) is 59.4 Å². The van der Waals surface area contributed by atoms with Crippen LogP contribution in [0.25, 0.3) is 10.9 Å². The summed E-state index contributed by atoms with van der Waals surface area (Å²) in [6.07, 6.45) is 7.16. The van der Waals surface area contributed by atoms with Crippen molar-refractivity contribution in [2.75, 3.05) is 43.5 Å². The van der Waals surface area contributed by atoms with Crippen LogP contribution in [0.5, 0.6) is 5.75 Å². The minimum atomic E-state index is -0.217. The third-order valence-corrected chi connectivity index (χ3v) is 7.38. The Morgan fingerprint density at radius 3 is 2.97 bits per heavy atom. The topological polar surface area (TPSA) is 97.8 Å². The van der Waals surface area contributed by atoms with Gasteiger partial charge >= 0.3 is 0 Å². The number of ether oxygens (including phenoxy) is 3. The minimum absolute atomic E-state index is 0.0717. The molecule has 9 nitrogen and oxygen atoms in total.